The SMILES string of the molecule is Cc1ccc(C(C)C)cc1Oc1ncnc2sc(-c3ccccc3)cc12. The van der Waals surface area contributed by atoms with Crippen LogP contribution in [0.4, 0.5) is 0 Å². The van der Waals surface area contributed by atoms with E-state index in [1.165, 1.54) is 16.0 Å². The maximum Gasteiger partial charge on any atom is 0.231 e. The average Bonchev–Trinajstić information content (AvgIpc) is 3.09. The van der Waals surface area contributed by atoms with Gasteiger partial charge in [-0.05, 0) is 41.7 Å². The number of hydrogen-bond donors (Lipinski definition) is 0. The van der Waals surface area contributed by atoms with Crippen molar-refractivity contribution in [3.05, 3.63) is 72.1 Å². The highest BCUT2D eigenvalue weighted by Gasteiger charge is 2.13. The van der Waals surface area contributed by atoms with Crippen LogP contribution in [0.5, 0.6) is 11.6 Å². The van der Waals surface area contributed by atoms with Crippen LogP contribution in [0.15, 0.2) is 60.9 Å². The topological polar surface area (TPSA) is 35.0 Å². The minimum absolute atomic E-state index is 0.453. The Morgan fingerprint density at radius 1 is 0.962 bits per heavy atom. The number of thiophene rings is 1. The molecule has 0 aliphatic rings. The molecular formula is C22H20N2OS. The molecule has 0 atom stereocenters. The predicted octanol–water partition coefficient (Wildman–Crippen LogP) is 6.58. The fourth-order valence-corrected chi connectivity index (χ4v) is 3.84. The number of fused-ring (bicyclic) bond motifs is 1. The molecular weight excluding hydrogens is 340 g/mol. The molecule has 0 saturated heterocycles. The number of nitrogens with zero attached hydrogens (tertiary/aromatic N) is 2. The second kappa shape index (κ2) is 6.89. The van der Waals surface area contributed by atoms with Crippen LogP contribution < -0.4 is 4.74 Å². The molecule has 2 aromatic heterocycles. The van der Waals surface area contributed by atoms with Crippen molar-refractivity contribution in [1.29, 1.82) is 0 Å². The van der Waals surface area contributed by atoms with Gasteiger partial charge >= 0.3 is 0 Å². The lowest BCUT2D eigenvalue weighted by molar-refractivity contribution is 0.464. The largest absolute Gasteiger partial charge is 0.438 e. The molecule has 0 aliphatic carbocycles. The van der Waals surface area contributed by atoms with Crippen molar-refractivity contribution >= 4 is 21.6 Å². The second-order valence-corrected chi connectivity index (χ2v) is 7.69. The van der Waals surface area contributed by atoms with E-state index in [2.05, 4.69) is 67.1 Å². The molecule has 0 bridgehead atoms. The first-order chi connectivity index (χ1) is 12.6. The van der Waals surface area contributed by atoms with Crippen LogP contribution in [0.3, 0.4) is 0 Å². The van der Waals surface area contributed by atoms with Crippen LogP contribution in [0, 0.1) is 6.92 Å². The fourth-order valence-electron chi connectivity index (χ4n) is 2.85. The van der Waals surface area contributed by atoms with Crippen LogP contribution >= 0.6 is 11.3 Å². The Morgan fingerprint density at radius 2 is 1.77 bits per heavy atom. The first-order valence-corrected chi connectivity index (χ1v) is 9.52. The Morgan fingerprint density at radius 3 is 2.54 bits per heavy atom. The third-order valence-electron chi connectivity index (χ3n) is 4.44. The van der Waals surface area contributed by atoms with E-state index in [0.717, 1.165) is 21.5 Å². The number of aryl methyl sites for hydroxylation is 1. The molecule has 2 heterocycles. The Bertz CT molecular complexity index is 1050. The maximum absolute atomic E-state index is 6.22. The Hall–Kier alpha value is -2.72. The normalized spacial score (nSPS) is 11.2. The van der Waals surface area contributed by atoms with Crippen LogP contribution in [-0.4, -0.2) is 9.97 Å². The van der Waals surface area contributed by atoms with Crippen LogP contribution in [-0.2, 0) is 0 Å². The summed E-state index contributed by atoms with van der Waals surface area (Å²) in [5.74, 6) is 1.91. The molecule has 4 aromatic rings. The van der Waals surface area contributed by atoms with Gasteiger partial charge in [-0.15, -0.1) is 11.3 Å². The van der Waals surface area contributed by atoms with Gasteiger partial charge in [0.25, 0.3) is 0 Å². The van der Waals surface area contributed by atoms with E-state index in [-0.39, 0.29) is 0 Å². The van der Waals surface area contributed by atoms with Crippen LogP contribution in [0.25, 0.3) is 20.7 Å². The molecule has 3 nitrogen and oxygen atoms in total. The molecule has 130 valence electrons. The quantitative estimate of drug-likeness (QED) is 0.412. The predicted molar refractivity (Wildman–Crippen MR) is 108 cm³/mol. The van der Waals surface area contributed by atoms with E-state index in [0.29, 0.717) is 11.8 Å². The summed E-state index contributed by atoms with van der Waals surface area (Å²) in [6.07, 6.45) is 1.57. The number of hydrogen-bond acceptors (Lipinski definition) is 4. The summed E-state index contributed by atoms with van der Waals surface area (Å²) >= 11 is 1.66. The number of rotatable bonds is 4. The zero-order chi connectivity index (χ0) is 18.1. The summed E-state index contributed by atoms with van der Waals surface area (Å²) in [7, 11) is 0. The lowest BCUT2D eigenvalue weighted by atomic mass is 10.0. The molecule has 0 fully saturated rings. The van der Waals surface area contributed by atoms with Crippen molar-refractivity contribution in [3.8, 4) is 22.1 Å². The molecule has 0 spiro atoms. The summed E-state index contributed by atoms with van der Waals surface area (Å²) in [5, 5.41) is 0.950. The molecule has 0 amide bonds. The van der Waals surface area contributed by atoms with E-state index < -0.39 is 0 Å². The van der Waals surface area contributed by atoms with Crippen molar-refractivity contribution in [2.45, 2.75) is 26.7 Å². The van der Waals surface area contributed by atoms with Crippen LogP contribution in [0.1, 0.15) is 30.9 Å². The van der Waals surface area contributed by atoms with Gasteiger partial charge in [0.15, 0.2) is 0 Å². The summed E-state index contributed by atoms with van der Waals surface area (Å²) in [6, 6.07) is 18.8. The Balaban J connectivity index is 1.76. The van der Waals surface area contributed by atoms with Crippen molar-refractivity contribution in [2.75, 3.05) is 0 Å². The van der Waals surface area contributed by atoms with Crippen molar-refractivity contribution in [2.24, 2.45) is 0 Å². The van der Waals surface area contributed by atoms with Gasteiger partial charge in [-0.3, -0.25) is 0 Å². The summed E-state index contributed by atoms with van der Waals surface area (Å²) in [5.41, 5.74) is 3.53. The molecule has 4 rings (SSSR count). The lowest BCUT2D eigenvalue weighted by Gasteiger charge is -2.12. The van der Waals surface area contributed by atoms with Crippen molar-refractivity contribution in [1.82, 2.24) is 9.97 Å². The summed E-state index contributed by atoms with van der Waals surface area (Å²) in [4.78, 5) is 10.9. The van der Waals surface area contributed by atoms with Gasteiger partial charge in [0, 0.05) is 4.88 Å². The maximum atomic E-state index is 6.22. The van der Waals surface area contributed by atoms with Gasteiger partial charge in [0.1, 0.15) is 16.9 Å². The number of ether oxygens (including phenoxy) is 1. The standard InChI is InChI=1S/C22H20N2OS/c1-14(2)17-10-9-15(3)19(11-17)25-21-18-12-20(16-7-5-4-6-8-16)26-22(18)24-13-23-21/h4-14H,1-3H3. The van der Waals surface area contributed by atoms with Crippen LogP contribution in [0.2, 0.25) is 0 Å². The highest BCUT2D eigenvalue weighted by molar-refractivity contribution is 7.21. The Labute approximate surface area is 157 Å². The lowest BCUT2D eigenvalue weighted by Crippen LogP contribution is -1.94. The van der Waals surface area contributed by atoms with Gasteiger partial charge in [0.05, 0.1) is 5.39 Å². The highest BCUT2D eigenvalue weighted by Crippen LogP contribution is 2.38. The zero-order valence-electron chi connectivity index (χ0n) is 15.1. The molecule has 26 heavy (non-hydrogen) atoms. The molecule has 0 saturated carbocycles. The molecule has 0 radical (unpaired) electrons. The van der Waals surface area contributed by atoms with Crippen molar-refractivity contribution < 1.29 is 4.74 Å². The second-order valence-electron chi connectivity index (χ2n) is 6.66. The first-order valence-electron chi connectivity index (χ1n) is 8.70. The third kappa shape index (κ3) is 3.20. The number of aromatic nitrogens is 2. The minimum atomic E-state index is 0.453. The Kier molecular flexibility index (Phi) is 4.43. The van der Waals surface area contributed by atoms with E-state index in [1.807, 2.05) is 18.2 Å². The molecule has 0 N–H and O–H groups in total. The van der Waals surface area contributed by atoms with E-state index in [1.54, 1.807) is 17.7 Å². The molecule has 2 aromatic carbocycles. The van der Waals surface area contributed by atoms with Gasteiger partial charge in [-0.2, -0.15) is 0 Å². The van der Waals surface area contributed by atoms with E-state index >= 15 is 0 Å². The molecule has 0 unspecified atom stereocenters. The summed E-state index contributed by atoms with van der Waals surface area (Å²) in [6.45, 7) is 6.42. The smallest absolute Gasteiger partial charge is 0.231 e. The minimum Gasteiger partial charge on any atom is -0.438 e. The van der Waals surface area contributed by atoms with Gasteiger partial charge in [-0.1, -0.05) is 56.3 Å². The highest BCUT2D eigenvalue weighted by atomic mass is 32.1. The third-order valence-corrected chi connectivity index (χ3v) is 5.53. The monoisotopic (exact) mass is 360 g/mol. The summed E-state index contributed by atoms with van der Waals surface area (Å²) < 4.78 is 6.22. The van der Waals surface area contributed by atoms with Gasteiger partial charge < -0.3 is 4.74 Å². The molecule has 0 aliphatic heterocycles. The fraction of sp³-hybridized carbons (Fsp3) is 0.182. The average molecular weight is 360 g/mol. The number of benzene rings is 2. The van der Waals surface area contributed by atoms with E-state index in [9.17, 15) is 0 Å². The zero-order valence-corrected chi connectivity index (χ0v) is 15.9. The molecule has 4 heteroatoms. The first kappa shape index (κ1) is 16.7. The van der Waals surface area contributed by atoms with Gasteiger partial charge in [-0.25, -0.2) is 9.97 Å². The van der Waals surface area contributed by atoms with Gasteiger partial charge in [0.2, 0.25) is 5.88 Å². The van der Waals surface area contributed by atoms with E-state index in [4.69, 9.17) is 4.74 Å². The van der Waals surface area contributed by atoms with Crippen molar-refractivity contribution in [3.63, 3.8) is 0 Å².